The zero-order valence-electron chi connectivity index (χ0n) is 8.99. The molecule has 1 heterocycles. The molecule has 0 amide bonds. The zero-order chi connectivity index (χ0) is 10.7. The summed E-state index contributed by atoms with van der Waals surface area (Å²) in [6.07, 6.45) is 0.170. The molecule has 1 aliphatic rings. The molecule has 1 saturated heterocycles. The molecule has 0 aromatic carbocycles. The van der Waals surface area contributed by atoms with Gasteiger partial charge in [0, 0.05) is 27.3 Å². The molecule has 1 fully saturated rings. The van der Waals surface area contributed by atoms with Gasteiger partial charge in [0.15, 0.2) is 0 Å². The number of nitrogens with zero attached hydrogens (tertiary/aromatic N) is 1. The summed E-state index contributed by atoms with van der Waals surface area (Å²) in [5, 5.41) is 7.37. The van der Waals surface area contributed by atoms with Crippen LogP contribution in [0, 0.1) is 5.41 Å². The van der Waals surface area contributed by atoms with Gasteiger partial charge in [0.25, 0.3) is 0 Å². The number of nitrogens with two attached hydrogens (primary N) is 1. The lowest BCUT2D eigenvalue weighted by Crippen LogP contribution is -2.41. The highest BCUT2D eigenvalue weighted by molar-refractivity contribution is 5.82. The molecule has 5 heteroatoms. The standard InChI is InChI=1S/C9H19N3O2/c1-6(9(10)11)12-4-7(13-2)8(5-12)14-3/h6-8H,4-5H2,1-3H3,(H3,10,11). The second-order valence-corrected chi connectivity index (χ2v) is 3.63. The molecule has 0 saturated carbocycles. The van der Waals surface area contributed by atoms with Gasteiger partial charge in [-0.25, -0.2) is 0 Å². The van der Waals surface area contributed by atoms with Crippen LogP contribution in [-0.4, -0.2) is 56.3 Å². The van der Waals surface area contributed by atoms with Crippen molar-refractivity contribution >= 4 is 5.84 Å². The van der Waals surface area contributed by atoms with Crippen LogP contribution in [0.15, 0.2) is 0 Å². The fourth-order valence-electron chi connectivity index (χ4n) is 1.74. The molecule has 3 N–H and O–H groups in total. The summed E-state index contributed by atoms with van der Waals surface area (Å²) >= 11 is 0. The minimum Gasteiger partial charge on any atom is -0.386 e. The molecule has 0 radical (unpaired) electrons. The molecule has 3 unspecified atom stereocenters. The summed E-state index contributed by atoms with van der Waals surface area (Å²) in [6, 6.07) is -0.0344. The Morgan fingerprint density at radius 3 is 2.07 bits per heavy atom. The average molecular weight is 201 g/mol. The van der Waals surface area contributed by atoms with Gasteiger partial charge < -0.3 is 15.2 Å². The lowest BCUT2D eigenvalue weighted by atomic mass is 10.3. The van der Waals surface area contributed by atoms with Gasteiger partial charge in [-0.15, -0.1) is 0 Å². The summed E-state index contributed by atoms with van der Waals surface area (Å²) < 4.78 is 10.6. The van der Waals surface area contributed by atoms with E-state index in [-0.39, 0.29) is 24.1 Å². The Bertz CT molecular complexity index is 198. The number of methoxy groups -OCH3 is 2. The van der Waals surface area contributed by atoms with Crippen LogP contribution in [0.4, 0.5) is 0 Å². The third kappa shape index (κ3) is 2.23. The Balaban J connectivity index is 2.56. The van der Waals surface area contributed by atoms with E-state index in [0.29, 0.717) is 0 Å². The lowest BCUT2D eigenvalue weighted by Gasteiger charge is -2.22. The Kier molecular flexibility index (Phi) is 3.86. The lowest BCUT2D eigenvalue weighted by molar-refractivity contribution is -0.00461. The fourth-order valence-corrected chi connectivity index (χ4v) is 1.74. The summed E-state index contributed by atoms with van der Waals surface area (Å²) in [7, 11) is 3.36. The molecular formula is C9H19N3O2. The van der Waals surface area contributed by atoms with Crippen LogP contribution in [0.2, 0.25) is 0 Å². The molecule has 3 atom stereocenters. The van der Waals surface area contributed by atoms with E-state index in [1.54, 1.807) is 14.2 Å². The van der Waals surface area contributed by atoms with E-state index in [1.165, 1.54) is 0 Å². The number of likely N-dealkylation sites (tertiary alicyclic amines) is 1. The Hall–Kier alpha value is -0.650. The molecule has 1 aliphatic heterocycles. The highest BCUT2D eigenvalue weighted by Crippen LogP contribution is 2.17. The van der Waals surface area contributed by atoms with Crippen molar-refractivity contribution in [2.75, 3.05) is 27.3 Å². The second-order valence-electron chi connectivity index (χ2n) is 3.63. The van der Waals surface area contributed by atoms with Gasteiger partial charge in [-0.2, -0.15) is 0 Å². The van der Waals surface area contributed by atoms with Crippen molar-refractivity contribution in [3.8, 4) is 0 Å². The smallest absolute Gasteiger partial charge is 0.108 e. The molecule has 82 valence electrons. The zero-order valence-corrected chi connectivity index (χ0v) is 8.99. The van der Waals surface area contributed by atoms with Crippen LogP contribution in [0.3, 0.4) is 0 Å². The highest BCUT2D eigenvalue weighted by atomic mass is 16.5. The first-order chi connectivity index (χ1) is 6.60. The Morgan fingerprint density at radius 2 is 1.79 bits per heavy atom. The van der Waals surface area contributed by atoms with Crippen molar-refractivity contribution in [2.24, 2.45) is 5.73 Å². The van der Waals surface area contributed by atoms with Crippen LogP contribution in [-0.2, 0) is 9.47 Å². The van der Waals surface area contributed by atoms with E-state index in [0.717, 1.165) is 13.1 Å². The second kappa shape index (κ2) is 4.72. The molecule has 0 aromatic rings. The molecule has 14 heavy (non-hydrogen) atoms. The first-order valence-electron chi connectivity index (χ1n) is 4.73. The van der Waals surface area contributed by atoms with Gasteiger partial charge in [0.1, 0.15) is 5.84 Å². The van der Waals surface area contributed by atoms with Crippen molar-refractivity contribution in [1.29, 1.82) is 5.41 Å². The normalized spacial score (nSPS) is 30.5. The van der Waals surface area contributed by atoms with Crippen LogP contribution in [0.5, 0.6) is 0 Å². The summed E-state index contributed by atoms with van der Waals surface area (Å²) in [6.45, 7) is 3.47. The summed E-state index contributed by atoms with van der Waals surface area (Å²) in [4.78, 5) is 2.10. The minimum atomic E-state index is -0.0344. The SMILES string of the molecule is COC1CN(C(C)C(=N)N)CC1OC. The predicted molar refractivity (Wildman–Crippen MR) is 54.5 cm³/mol. The van der Waals surface area contributed by atoms with Gasteiger partial charge in [0.2, 0.25) is 0 Å². The third-order valence-corrected chi connectivity index (χ3v) is 2.85. The number of rotatable bonds is 4. The predicted octanol–water partition coefficient (Wildman–Crippen LogP) is -0.344. The van der Waals surface area contributed by atoms with Crippen molar-refractivity contribution < 1.29 is 9.47 Å². The van der Waals surface area contributed by atoms with Gasteiger partial charge >= 0.3 is 0 Å². The van der Waals surface area contributed by atoms with Crippen molar-refractivity contribution in [3.63, 3.8) is 0 Å². The summed E-state index contributed by atoms with van der Waals surface area (Å²) in [5.74, 6) is 0.191. The van der Waals surface area contributed by atoms with E-state index in [4.69, 9.17) is 20.6 Å². The maximum atomic E-state index is 7.37. The van der Waals surface area contributed by atoms with E-state index in [1.807, 2.05) is 6.92 Å². The minimum absolute atomic E-state index is 0.0344. The molecule has 5 nitrogen and oxygen atoms in total. The van der Waals surface area contributed by atoms with Crippen molar-refractivity contribution in [2.45, 2.75) is 25.2 Å². The number of hydrogen-bond donors (Lipinski definition) is 2. The van der Waals surface area contributed by atoms with Crippen LogP contribution in [0.25, 0.3) is 0 Å². The van der Waals surface area contributed by atoms with E-state index < -0.39 is 0 Å². The van der Waals surface area contributed by atoms with Crippen LogP contribution in [0.1, 0.15) is 6.92 Å². The topological polar surface area (TPSA) is 71.6 Å². The molecule has 1 rings (SSSR count). The number of ether oxygens (including phenoxy) is 2. The number of hydrogen-bond acceptors (Lipinski definition) is 4. The first kappa shape index (κ1) is 11.4. The quantitative estimate of drug-likeness (QED) is 0.482. The number of nitrogens with one attached hydrogen (secondary N) is 1. The highest BCUT2D eigenvalue weighted by Gasteiger charge is 2.35. The van der Waals surface area contributed by atoms with Crippen LogP contribution >= 0.6 is 0 Å². The Labute approximate surface area is 84.7 Å². The van der Waals surface area contributed by atoms with E-state index >= 15 is 0 Å². The average Bonchev–Trinajstić information content (AvgIpc) is 2.59. The van der Waals surface area contributed by atoms with Gasteiger partial charge in [-0.1, -0.05) is 0 Å². The maximum absolute atomic E-state index is 7.37. The molecule has 0 spiro atoms. The molecular weight excluding hydrogens is 182 g/mol. The third-order valence-electron chi connectivity index (χ3n) is 2.85. The van der Waals surface area contributed by atoms with Gasteiger partial charge in [0.05, 0.1) is 18.2 Å². The monoisotopic (exact) mass is 201 g/mol. The van der Waals surface area contributed by atoms with Crippen molar-refractivity contribution in [3.05, 3.63) is 0 Å². The largest absolute Gasteiger partial charge is 0.386 e. The molecule has 0 aliphatic carbocycles. The van der Waals surface area contributed by atoms with Gasteiger partial charge in [-0.05, 0) is 6.92 Å². The Morgan fingerprint density at radius 1 is 1.36 bits per heavy atom. The van der Waals surface area contributed by atoms with E-state index in [2.05, 4.69) is 4.90 Å². The first-order valence-corrected chi connectivity index (χ1v) is 4.73. The van der Waals surface area contributed by atoms with Crippen molar-refractivity contribution in [1.82, 2.24) is 4.90 Å². The molecule has 0 aromatic heterocycles. The summed E-state index contributed by atoms with van der Waals surface area (Å²) in [5.41, 5.74) is 5.45. The van der Waals surface area contributed by atoms with Crippen LogP contribution < -0.4 is 5.73 Å². The van der Waals surface area contributed by atoms with E-state index in [9.17, 15) is 0 Å². The fraction of sp³-hybridized carbons (Fsp3) is 0.889. The number of amidine groups is 1. The van der Waals surface area contributed by atoms with Gasteiger partial charge in [-0.3, -0.25) is 10.3 Å². The molecule has 0 bridgehead atoms. The maximum Gasteiger partial charge on any atom is 0.108 e.